The van der Waals surface area contributed by atoms with E-state index < -0.39 is 49.0 Å². The van der Waals surface area contributed by atoms with Crippen LogP contribution in [0, 0.1) is 46.4 Å². The van der Waals surface area contributed by atoms with Gasteiger partial charge < -0.3 is 4.74 Å². The number of halogens is 1. The zero-order valence-corrected chi connectivity index (χ0v) is 10.7. The van der Waals surface area contributed by atoms with E-state index in [2.05, 4.69) is 4.74 Å². The molecule has 14 heteroatoms. The molecule has 2 atom stereocenters. The summed E-state index contributed by atoms with van der Waals surface area (Å²) in [6.45, 7) is 0. The van der Waals surface area contributed by atoms with Crippen molar-refractivity contribution < 1.29 is 28.8 Å². The smallest absolute Gasteiger partial charge is 0.494 e. The summed E-state index contributed by atoms with van der Waals surface area (Å²) in [6, 6.07) is -2.50. The molecule has 0 aromatic heterocycles. The lowest BCUT2D eigenvalue weighted by molar-refractivity contribution is -0.980. The SMILES string of the molecule is COC1=CC=C(F)C(C([N+](=O)[O-])([N+](=O)[O-])[N+](=O)[O-])C1[N+](=O)[O-]. The van der Waals surface area contributed by atoms with Crippen LogP contribution in [0.2, 0.25) is 0 Å². The van der Waals surface area contributed by atoms with Gasteiger partial charge in [-0.15, -0.1) is 0 Å². The molecule has 1 rings (SSSR count). The largest absolute Gasteiger partial charge is 0.716 e. The molecule has 0 heterocycles. The summed E-state index contributed by atoms with van der Waals surface area (Å²) in [6.07, 6.45) is 1.12. The van der Waals surface area contributed by atoms with E-state index >= 15 is 0 Å². The van der Waals surface area contributed by atoms with E-state index in [1.165, 1.54) is 0 Å². The van der Waals surface area contributed by atoms with Gasteiger partial charge >= 0.3 is 17.7 Å². The number of rotatable bonds is 6. The van der Waals surface area contributed by atoms with Crippen LogP contribution in [0.25, 0.3) is 0 Å². The minimum atomic E-state index is -4.36. The van der Waals surface area contributed by atoms with Crippen molar-refractivity contribution in [2.45, 2.75) is 11.8 Å². The van der Waals surface area contributed by atoms with Crippen molar-refractivity contribution in [3.05, 3.63) is 64.2 Å². The Hall–Kier alpha value is -3.19. The molecule has 0 radical (unpaired) electrons. The van der Waals surface area contributed by atoms with E-state index in [0.717, 1.165) is 7.11 Å². The Kier molecular flexibility index (Phi) is 4.34. The molecule has 0 amide bonds. The molecule has 0 spiro atoms. The van der Waals surface area contributed by atoms with Crippen LogP contribution in [-0.2, 0) is 4.74 Å². The monoisotopic (exact) mass is 322 g/mol. The highest BCUT2D eigenvalue weighted by atomic mass is 19.1. The van der Waals surface area contributed by atoms with Gasteiger partial charge in [0.25, 0.3) is 0 Å². The van der Waals surface area contributed by atoms with Gasteiger partial charge in [-0.25, -0.2) is 4.39 Å². The standard InChI is InChI=1S/C8H7FN4O9/c1-22-5-3-2-4(9)6(7(5)10(14)15)8(11(16)17,12(18)19)13(20)21/h2-3,6-7H,1H3. The number of ether oxygens (including phenoxy) is 1. The Morgan fingerprint density at radius 2 is 1.50 bits per heavy atom. The molecule has 0 aliphatic heterocycles. The highest BCUT2D eigenvalue weighted by Crippen LogP contribution is 2.39. The van der Waals surface area contributed by atoms with Gasteiger partial charge in [0.2, 0.25) is 0 Å². The Balaban J connectivity index is 3.71. The van der Waals surface area contributed by atoms with Crippen molar-refractivity contribution in [3.63, 3.8) is 0 Å². The summed E-state index contributed by atoms with van der Waals surface area (Å²) in [5.74, 6) is -9.71. The number of hydrogen-bond donors (Lipinski definition) is 0. The number of nitrogens with zero attached hydrogens (tertiary/aromatic N) is 4. The van der Waals surface area contributed by atoms with Crippen molar-refractivity contribution >= 4 is 0 Å². The molecule has 13 nitrogen and oxygen atoms in total. The Labute approximate surface area is 119 Å². The maximum atomic E-state index is 13.9. The summed E-state index contributed by atoms with van der Waals surface area (Å²) in [5, 5.41) is 43.9. The first-order chi connectivity index (χ1) is 10.1. The third kappa shape index (κ3) is 2.19. The molecule has 0 N–H and O–H groups in total. The third-order valence-electron chi connectivity index (χ3n) is 3.00. The highest BCUT2D eigenvalue weighted by Gasteiger charge is 2.83. The molecule has 0 saturated heterocycles. The summed E-state index contributed by atoms with van der Waals surface area (Å²) < 4.78 is 18.4. The Morgan fingerprint density at radius 1 is 1.05 bits per heavy atom. The molecule has 0 aromatic rings. The zero-order chi connectivity index (χ0) is 17.2. The second-order valence-electron chi connectivity index (χ2n) is 3.99. The van der Waals surface area contributed by atoms with Crippen LogP contribution in [-0.4, -0.2) is 38.6 Å². The van der Waals surface area contributed by atoms with Gasteiger partial charge in [-0.3, -0.25) is 40.5 Å². The summed E-state index contributed by atoms with van der Waals surface area (Å²) >= 11 is 0. The minimum Gasteiger partial charge on any atom is -0.494 e. The molecule has 1 aliphatic rings. The molecular weight excluding hydrogens is 315 g/mol. The van der Waals surface area contributed by atoms with Crippen molar-refractivity contribution in [2.75, 3.05) is 7.11 Å². The average molecular weight is 322 g/mol. The lowest BCUT2D eigenvalue weighted by Crippen LogP contribution is -2.63. The lowest BCUT2D eigenvalue weighted by Gasteiger charge is -2.23. The van der Waals surface area contributed by atoms with E-state index in [9.17, 15) is 44.8 Å². The zero-order valence-electron chi connectivity index (χ0n) is 10.7. The fraction of sp³-hybridized carbons (Fsp3) is 0.500. The number of methoxy groups -OCH3 is 1. The van der Waals surface area contributed by atoms with Gasteiger partial charge in [0.15, 0.2) is 20.5 Å². The van der Waals surface area contributed by atoms with E-state index in [1.54, 1.807) is 0 Å². The molecule has 0 aromatic carbocycles. The fourth-order valence-electron chi connectivity index (χ4n) is 2.03. The predicted molar refractivity (Wildman–Crippen MR) is 62.3 cm³/mol. The van der Waals surface area contributed by atoms with Gasteiger partial charge in [-0.05, 0) is 12.2 Å². The molecule has 0 fully saturated rings. The van der Waals surface area contributed by atoms with Crippen molar-refractivity contribution in [3.8, 4) is 0 Å². The van der Waals surface area contributed by atoms with Crippen molar-refractivity contribution in [1.29, 1.82) is 0 Å². The fourth-order valence-corrected chi connectivity index (χ4v) is 2.03. The minimum absolute atomic E-state index is 0.411. The van der Waals surface area contributed by atoms with Crippen LogP contribution >= 0.6 is 0 Å². The van der Waals surface area contributed by atoms with Gasteiger partial charge in [0.05, 0.1) is 7.11 Å². The maximum absolute atomic E-state index is 13.9. The highest BCUT2D eigenvalue weighted by molar-refractivity contribution is 5.25. The van der Waals surface area contributed by atoms with Crippen LogP contribution in [0.5, 0.6) is 0 Å². The van der Waals surface area contributed by atoms with Crippen LogP contribution in [0.3, 0.4) is 0 Å². The van der Waals surface area contributed by atoms with Crippen LogP contribution in [0.4, 0.5) is 4.39 Å². The summed E-state index contributed by atoms with van der Waals surface area (Å²) in [5.41, 5.74) is 0. The van der Waals surface area contributed by atoms with Crippen LogP contribution in [0.1, 0.15) is 0 Å². The Morgan fingerprint density at radius 3 is 1.82 bits per heavy atom. The lowest BCUT2D eigenvalue weighted by atomic mass is 9.86. The maximum Gasteiger partial charge on any atom is 0.716 e. The number of allylic oxidation sites excluding steroid dienone is 2. The number of nitro groups is 4. The summed E-state index contributed by atoms with van der Waals surface area (Å²) in [7, 11) is 0.891. The van der Waals surface area contributed by atoms with Crippen molar-refractivity contribution in [1.82, 2.24) is 0 Å². The molecule has 1 aliphatic carbocycles. The van der Waals surface area contributed by atoms with Crippen LogP contribution < -0.4 is 0 Å². The second kappa shape index (κ2) is 5.66. The first-order valence-electron chi connectivity index (χ1n) is 5.30. The third-order valence-corrected chi connectivity index (χ3v) is 3.00. The molecule has 0 saturated carbocycles. The molecule has 0 bridgehead atoms. The van der Waals surface area contributed by atoms with E-state index in [-0.39, 0.29) is 0 Å². The predicted octanol–water partition coefficient (Wildman–Crippen LogP) is 0.129. The molecule has 22 heavy (non-hydrogen) atoms. The van der Waals surface area contributed by atoms with Gasteiger partial charge in [-0.2, -0.15) is 0 Å². The molecule has 120 valence electrons. The van der Waals surface area contributed by atoms with Gasteiger partial charge in [-0.1, -0.05) is 0 Å². The normalized spacial score (nSPS) is 21.4. The van der Waals surface area contributed by atoms with E-state index in [4.69, 9.17) is 0 Å². The average Bonchev–Trinajstić information content (AvgIpc) is 2.39. The van der Waals surface area contributed by atoms with Gasteiger partial charge in [0, 0.05) is 4.92 Å². The first kappa shape index (κ1) is 16.9. The topological polar surface area (TPSA) is 182 Å². The summed E-state index contributed by atoms with van der Waals surface area (Å²) in [4.78, 5) is 36.7. The molecular formula is C8H7FN4O9. The van der Waals surface area contributed by atoms with Crippen LogP contribution in [0.15, 0.2) is 23.7 Å². The van der Waals surface area contributed by atoms with E-state index in [0.29, 0.717) is 12.2 Å². The molecule has 2 unspecified atom stereocenters. The first-order valence-corrected chi connectivity index (χ1v) is 5.30. The van der Waals surface area contributed by atoms with Crippen molar-refractivity contribution in [2.24, 2.45) is 5.92 Å². The number of hydrogen-bond acceptors (Lipinski definition) is 9. The van der Waals surface area contributed by atoms with E-state index in [1.807, 2.05) is 0 Å². The van der Waals surface area contributed by atoms with Gasteiger partial charge in [0.1, 0.15) is 5.83 Å². The Bertz CT molecular complexity index is 579. The second-order valence-corrected chi connectivity index (χ2v) is 3.99. The quantitative estimate of drug-likeness (QED) is 0.372.